The summed E-state index contributed by atoms with van der Waals surface area (Å²) in [5.74, 6) is -0.416. The number of aryl methyl sites for hydroxylation is 1. The quantitative estimate of drug-likeness (QED) is 0.658. The van der Waals surface area contributed by atoms with Crippen molar-refractivity contribution in [2.75, 3.05) is 6.54 Å². The van der Waals surface area contributed by atoms with E-state index in [1.165, 1.54) is 0 Å². The molecule has 104 valence electrons. The van der Waals surface area contributed by atoms with Crippen LogP contribution in [0.5, 0.6) is 0 Å². The third kappa shape index (κ3) is 4.24. The van der Waals surface area contributed by atoms with Crippen LogP contribution in [0.3, 0.4) is 0 Å². The van der Waals surface area contributed by atoms with Crippen LogP contribution in [0.15, 0.2) is 23.2 Å². The minimum absolute atomic E-state index is 0.156. The number of nitrogens with one attached hydrogen (secondary N) is 1. The second kappa shape index (κ2) is 7.14. The molecule has 1 aromatic carbocycles. The van der Waals surface area contributed by atoms with E-state index in [1.54, 1.807) is 13.0 Å². The lowest BCUT2D eigenvalue weighted by molar-refractivity contribution is -0.120. The van der Waals surface area contributed by atoms with E-state index >= 15 is 0 Å². The molecule has 0 fully saturated rings. The van der Waals surface area contributed by atoms with E-state index in [0.29, 0.717) is 11.6 Å². The van der Waals surface area contributed by atoms with Gasteiger partial charge in [-0.1, -0.05) is 30.7 Å². The minimum Gasteiger partial charge on any atom is -0.370 e. The zero-order valence-corrected chi connectivity index (χ0v) is 12.3. The average molecular weight is 282 g/mol. The number of aliphatic imine (C=N–C) groups is 1. The average Bonchev–Trinajstić information content (AvgIpc) is 2.35. The zero-order valence-electron chi connectivity index (χ0n) is 11.5. The normalized spacial score (nSPS) is 13.2. The minimum atomic E-state index is -0.371. The van der Waals surface area contributed by atoms with E-state index in [9.17, 15) is 4.79 Å². The first kappa shape index (κ1) is 15.5. The molecule has 0 saturated carbocycles. The Morgan fingerprint density at radius 1 is 1.53 bits per heavy atom. The summed E-state index contributed by atoms with van der Waals surface area (Å²) < 4.78 is 0. The summed E-state index contributed by atoms with van der Waals surface area (Å²) in [6, 6.07) is 5.57. The number of carbonyl (C=O) groups is 1. The third-order valence-electron chi connectivity index (χ3n) is 2.85. The van der Waals surface area contributed by atoms with Gasteiger partial charge in [0, 0.05) is 11.6 Å². The summed E-state index contributed by atoms with van der Waals surface area (Å²) in [4.78, 5) is 16.1. The van der Waals surface area contributed by atoms with Gasteiger partial charge in [-0.25, -0.2) is 0 Å². The topological polar surface area (TPSA) is 67.5 Å². The SMILES string of the molecule is CCCN=C(N)NC(=O)C(C)c1c(C)cccc1Cl. The summed E-state index contributed by atoms with van der Waals surface area (Å²) in [6.07, 6.45) is 0.885. The van der Waals surface area contributed by atoms with Gasteiger partial charge in [0.2, 0.25) is 5.91 Å². The number of carbonyl (C=O) groups excluding carboxylic acids is 1. The maximum Gasteiger partial charge on any atom is 0.233 e. The van der Waals surface area contributed by atoms with Gasteiger partial charge in [-0.15, -0.1) is 0 Å². The van der Waals surface area contributed by atoms with Crippen LogP contribution in [0.1, 0.15) is 37.3 Å². The van der Waals surface area contributed by atoms with Gasteiger partial charge < -0.3 is 5.73 Å². The molecule has 0 aromatic heterocycles. The highest BCUT2D eigenvalue weighted by molar-refractivity contribution is 6.31. The number of nitrogens with zero attached hydrogens (tertiary/aromatic N) is 1. The second-order valence-electron chi connectivity index (χ2n) is 4.45. The predicted molar refractivity (Wildman–Crippen MR) is 79.5 cm³/mol. The summed E-state index contributed by atoms with van der Waals surface area (Å²) in [6.45, 7) is 6.33. The van der Waals surface area contributed by atoms with Gasteiger partial charge in [-0.05, 0) is 37.5 Å². The number of hydrogen-bond acceptors (Lipinski definition) is 2. The fourth-order valence-electron chi connectivity index (χ4n) is 1.83. The van der Waals surface area contributed by atoms with Crippen LogP contribution in [0.25, 0.3) is 0 Å². The van der Waals surface area contributed by atoms with Crippen molar-refractivity contribution in [3.8, 4) is 0 Å². The van der Waals surface area contributed by atoms with E-state index in [4.69, 9.17) is 17.3 Å². The van der Waals surface area contributed by atoms with Crippen LogP contribution < -0.4 is 11.1 Å². The number of nitrogens with two attached hydrogens (primary N) is 1. The Morgan fingerprint density at radius 2 is 2.21 bits per heavy atom. The molecule has 19 heavy (non-hydrogen) atoms. The Morgan fingerprint density at radius 3 is 2.79 bits per heavy atom. The fraction of sp³-hybridized carbons (Fsp3) is 0.429. The van der Waals surface area contributed by atoms with Crippen LogP contribution >= 0.6 is 11.6 Å². The Balaban J connectivity index is 2.83. The van der Waals surface area contributed by atoms with E-state index < -0.39 is 0 Å². The highest BCUT2D eigenvalue weighted by atomic mass is 35.5. The molecule has 0 aliphatic heterocycles. The highest BCUT2D eigenvalue weighted by Gasteiger charge is 2.20. The summed E-state index contributed by atoms with van der Waals surface area (Å²) in [5, 5.41) is 3.19. The molecule has 5 heteroatoms. The number of rotatable bonds is 4. The Bertz CT molecular complexity index is 465. The lowest BCUT2D eigenvalue weighted by Gasteiger charge is -2.16. The maximum absolute atomic E-state index is 12.1. The number of amides is 1. The molecule has 1 unspecified atom stereocenters. The van der Waals surface area contributed by atoms with Gasteiger partial charge in [-0.3, -0.25) is 15.1 Å². The van der Waals surface area contributed by atoms with E-state index in [0.717, 1.165) is 17.5 Å². The van der Waals surface area contributed by atoms with Crippen molar-refractivity contribution in [2.45, 2.75) is 33.1 Å². The first-order valence-corrected chi connectivity index (χ1v) is 6.71. The van der Waals surface area contributed by atoms with Crippen LogP contribution in [0.2, 0.25) is 5.02 Å². The molecular weight excluding hydrogens is 262 g/mol. The molecule has 3 N–H and O–H groups in total. The van der Waals surface area contributed by atoms with Crippen molar-refractivity contribution < 1.29 is 4.79 Å². The lowest BCUT2D eigenvalue weighted by atomic mass is 9.95. The summed E-state index contributed by atoms with van der Waals surface area (Å²) >= 11 is 6.15. The first-order chi connectivity index (χ1) is 8.97. The number of halogens is 1. The van der Waals surface area contributed by atoms with Crippen molar-refractivity contribution in [3.63, 3.8) is 0 Å². The first-order valence-electron chi connectivity index (χ1n) is 6.33. The molecule has 1 atom stereocenters. The van der Waals surface area contributed by atoms with Crippen LogP contribution in [-0.4, -0.2) is 18.4 Å². The molecule has 1 rings (SSSR count). The van der Waals surface area contributed by atoms with Gasteiger partial charge in [0.05, 0.1) is 5.92 Å². The molecule has 0 radical (unpaired) electrons. The van der Waals surface area contributed by atoms with Crippen LogP contribution in [0, 0.1) is 6.92 Å². The van der Waals surface area contributed by atoms with E-state index in [2.05, 4.69) is 10.3 Å². The molecule has 0 heterocycles. The van der Waals surface area contributed by atoms with Gasteiger partial charge in [-0.2, -0.15) is 0 Å². The predicted octanol–water partition coefficient (Wildman–Crippen LogP) is 2.59. The van der Waals surface area contributed by atoms with E-state index in [1.807, 2.05) is 26.0 Å². The zero-order chi connectivity index (χ0) is 14.4. The Labute approximate surface area is 119 Å². The van der Waals surface area contributed by atoms with Crippen molar-refractivity contribution in [3.05, 3.63) is 34.3 Å². The molecule has 4 nitrogen and oxygen atoms in total. The third-order valence-corrected chi connectivity index (χ3v) is 3.18. The van der Waals surface area contributed by atoms with Gasteiger partial charge in [0.25, 0.3) is 0 Å². The molecule has 1 aromatic rings. The summed E-state index contributed by atoms with van der Waals surface area (Å²) in [5.41, 5.74) is 7.45. The molecule has 0 spiro atoms. The monoisotopic (exact) mass is 281 g/mol. The standard InChI is InChI=1S/C14H20ClN3O/c1-4-8-17-14(16)18-13(19)10(3)12-9(2)6-5-7-11(12)15/h5-7,10H,4,8H2,1-3H3,(H3,16,17,18,19). The number of hydrogen-bond donors (Lipinski definition) is 2. The molecular formula is C14H20ClN3O. The highest BCUT2D eigenvalue weighted by Crippen LogP contribution is 2.27. The Hall–Kier alpha value is -1.55. The van der Waals surface area contributed by atoms with Crippen LogP contribution in [-0.2, 0) is 4.79 Å². The smallest absolute Gasteiger partial charge is 0.233 e. The summed E-state index contributed by atoms with van der Waals surface area (Å²) in [7, 11) is 0. The van der Waals surface area contributed by atoms with Gasteiger partial charge >= 0.3 is 0 Å². The maximum atomic E-state index is 12.1. The van der Waals surface area contributed by atoms with Crippen LogP contribution in [0.4, 0.5) is 0 Å². The fourth-order valence-corrected chi connectivity index (χ4v) is 2.22. The van der Waals surface area contributed by atoms with E-state index in [-0.39, 0.29) is 17.8 Å². The lowest BCUT2D eigenvalue weighted by Crippen LogP contribution is -2.39. The molecule has 0 saturated heterocycles. The largest absolute Gasteiger partial charge is 0.370 e. The van der Waals surface area contributed by atoms with Crippen molar-refractivity contribution in [1.82, 2.24) is 5.32 Å². The Kier molecular flexibility index (Phi) is 5.83. The van der Waals surface area contributed by atoms with Gasteiger partial charge in [0.15, 0.2) is 5.96 Å². The second-order valence-corrected chi connectivity index (χ2v) is 4.86. The number of benzene rings is 1. The molecule has 1 amide bonds. The molecule has 0 aliphatic carbocycles. The van der Waals surface area contributed by atoms with Crippen molar-refractivity contribution in [2.24, 2.45) is 10.7 Å². The van der Waals surface area contributed by atoms with Gasteiger partial charge in [0.1, 0.15) is 0 Å². The molecule has 0 bridgehead atoms. The molecule has 0 aliphatic rings. The van der Waals surface area contributed by atoms with Crippen molar-refractivity contribution >= 4 is 23.5 Å². The van der Waals surface area contributed by atoms with Crippen molar-refractivity contribution in [1.29, 1.82) is 0 Å². The number of guanidine groups is 1.